The number of aromatic nitrogens is 2. The first-order valence-electron chi connectivity index (χ1n) is 5.86. The minimum absolute atomic E-state index is 0.464. The van der Waals surface area contributed by atoms with Crippen molar-refractivity contribution in [2.24, 2.45) is 5.92 Å². The largest absolute Gasteiger partial charge is 0.367 e. The van der Waals surface area contributed by atoms with Crippen molar-refractivity contribution >= 4 is 21.7 Å². The van der Waals surface area contributed by atoms with Gasteiger partial charge in [0, 0.05) is 18.5 Å². The monoisotopic (exact) mass is 285 g/mol. The molecule has 0 aliphatic heterocycles. The summed E-state index contributed by atoms with van der Waals surface area (Å²) in [6.07, 6.45) is 1.95. The molecular formula is C12H20BrN3. The van der Waals surface area contributed by atoms with E-state index in [1.54, 1.807) is 0 Å². The lowest BCUT2D eigenvalue weighted by Gasteiger charge is -2.21. The Morgan fingerprint density at radius 3 is 2.50 bits per heavy atom. The number of aryl methyl sites for hydroxylation is 1. The van der Waals surface area contributed by atoms with Crippen molar-refractivity contribution in [3.05, 3.63) is 16.5 Å². The first-order valence-corrected chi connectivity index (χ1v) is 6.66. The van der Waals surface area contributed by atoms with Crippen LogP contribution in [-0.2, 0) is 6.42 Å². The van der Waals surface area contributed by atoms with Gasteiger partial charge in [-0.25, -0.2) is 9.97 Å². The molecule has 0 spiro atoms. The normalized spacial score (nSPS) is 12.9. The zero-order valence-corrected chi connectivity index (χ0v) is 12.0. The van der Waals surface area contributed by atoms with Crippen molar-refractivity contribution < 1.29 is 0 Å². The fourth-order valence-corrected chi connectivity index (χ4v) is 2.05. The Labute approximate surface area is 106 Å². The van der Waals surface area contributed by atoms with E-state index in [2.05, 4.69) is 58.9 Å². The van der Waals surface area contributed by atoms with Gasteiger partial charge in [-0.2, -0.15) is 0 Å². The molecule has 0 aliphatic carbocycles. The second-order valence-electron chi connectivity index (χ2n) is 4.25. The molecule has 1 aromatic rings. The second kappa shape index (κ2) is 6.18. The van der Waals surface area contributed by atoms with Crippen molar-refractivity contribution in [1.29, 1.82) is 0 Å². The zero-order valence-electron chi connectivity index (χ0n) is 10.4. The van der Waals surface area contributed by atoms with Gasteiger partial charge in [-0.05, 0) is 28.3 Å². The Kier molecular flexibility index (Phi) is 5.19. The van der Waals surface area contributed by atoms with Gasteiger partial charge in [0.15, 0.2) is 0 Å². The molecule has 0 radical (unpaired) electrons. The molecule has 4 heteroatoms. The van der Waals surface area contributed by atoms with Crippen LogP contribution < -0.4 is 5.32 Å². The van der Waals surface area contributed by atoms with E-state index in [9.17, 15) is 0 Å². The minimum atomic E-state index is 0.464. The predicted octanol–water partition coefficient (Wildman–Crippen LogP) is 3.65. The molecule has 0 saturated heterocycles. The van der Waals surface area contributed by atoms with Gasteiger partial charge < -0.3 is 5.32 Å². The van der Waals surface area contributed by atoms with Crippen LogP contribution in [-0.4, -0.2) is 16.0 Å². The summed E-state index contributed by atoms with van der Waals surface area (Å²) in [5.74, 6) is 2.39. The van der Waals surface area contributed by atoms with Gasteiger partial charge in [-0.15, -0.1) is 0 Å². The zero-order chi connectivity index (χ0) is 12.1. The van der Waals surface area contributed by atoms with E-state index in [0.717, 1.165) is 29.1 Å². The smallest absolute Gasteiger partial charge is 0.131 e. The summed E-state index contributed by atoms with van der Waals surface area (Å²) < 4.78 is 0.848. The van der Waals surface area contributed by atoms with Crippen LogP contribution in [0.3, 0.4) is 0 Å². The van der Waals surface area contributed by atoms with Gasteiger partial charge in [-0.3, -0.25) is 0 Å². The molecule has 0 aromatic carbocycles. The van der Waals surface area contributed by atoms with Crippen molar-refractivity contribution in [2.75, 3.05) is 5.32 Å². The van der Waals surface area contributed by atoms with Gasteiger partial charge in [0.25, 0.3) is 0 Å². The number of rotatable bonds is 5. The summed E-state index contributed by atoms with van der Waals surface area (Å²) in [5.41, 5.74) is 0. The predicted molar refractivity (Wildman–Crippen MR) is 71.6 cm³/mol. The van der Waals surface area contributed by atoms with E-state index < -0.39 is 0 Å². The molecule has 0 saturated carbocycles. The third-order valence-electron chi connectivity index (χ3n) is 2.64. The lowest BCUT2D eigenvalue weighted by Crippen LogP contribution is -2.25. The molecule has 0 fully saturated rings. The summed E-state index contributed by atoms with van der Waals surface area (Å²) in [5, 5.41) is 3.46. The Balaban J connectivity index is 2.83. The molecule has 1 unspecified atom stereocenters. The summed E-state index contributed by atoms with van der Waals surface area (Å²) in [6.45, 7) is 8.69. The van der Waals surface area contributed by atoms with Gasteiger partial charge >= 0.3 is 0 Å². The summed E-state index contributed by atoms with van der Waals surface area (Å²) in [4.78, 5) is 8.77. The van der Waals surface area contributed by atoms with Crippen LogP contribution in [0, 0.1) is 5.92 Å². The van der Waals surface area contributed by atoms with Crippen molar-refractivity contribution in [2.45, 2.75) is 46.6 Å². The van der Waals surface area contributed by atoms with Crippen LogP contribution >= 0.6 is 15.9 Å². The van der Waals surface area contributed by atoms with E-state index in [1.165, 1.54) is 0 Å². The Hall–Kier alpha value is -0.640. The van der Waals surface area contributed by atoms with E-state index in [-0.39, 0.29) is 0 Å². The molecule has 0 aliphatic rings. The average molecular weight is 286 g/mol. The molecule has 1 heterocycles. The molecule has 1 rings (SSSR count). The third kappa shape index (κ3) is 3.74. The maximum Gasteiger partial charge on any atom is 0.131 e. The van der Waals surface area contributed by atoms with E-state index in [1.807, 2.05) is 6.07 Å². The SMILES string of the molecule is CCc1nc(Br)cc(NC(CC)C(C)C)n1. The molecular weight excluding hydrogens is 266 g/mol. The summed E-state index contributed by atoms with van der Waals surface area (Å²) in [7, 11) is 0. The quantitative estimate of drug-likeness (QED) is 0.840. The van der Waals surface area contributed by atoms with Crippen LogP contribution in [0.25, 0.3) is 0 Å². The molecule has 3 nitrogen and oxygen atoms in total. The van der Waals surface area contributed by atoms with Gasteiger partial charge in [0.2, 0.25) is 0 Å². The molecule has 0 bridgehead atoms. The molecule has 0 amide bonds. The fourth-order valence-electron chi connectivity index (χ4n) is 1.63. The first kappa shape index (κ1) is 13.4. The van der Waals surface area contributed by atoms with E-state index in [0.29, 0.717) is 12.0 Å². The topological polar surface area (TPSA) is 37.8 Å². The molecule has 1 atom stereocenters. The number of hydrogen-bond donors (Lipinski definition) is 1. The van der Waals surface area contributed by atoms with Crippen LogP contribution in [0.15, 0.2) is 10.7 Å². The maximum atomic E-state index is 4.47. The number of hydrogen-bond acceptors (Lipinski definition) is 3. The second-order valence-corrected chi connectivity index (χ2v) is 5.06. The van der Waals surface area contributed by atoms with Crippen LogP contribution in [0.1, 0.15) is 39.9 Å². The Morgan fingerprint density at radius 2 is 2.00 bits per heavy atom. The standard InChI is InChI=1S/C12H20BrN3/c1-5-9(8(3)4)14-12-7-10(13)15-11(6-2)16-12/h7-9H,5-6H2,1-4H3,(H,14,15,16). The fraction of sp³-hybridized carbons (Fsp3) is 0.667. The number of nitrogens with one attached hydrogen (secondary N) is 1. The highest BCUT2D eigenvalue weighted by Gasteiger charge is 2.12. The van der Waals surface area contributed by atoms with Gasteiger partial charge in [0.1, 0.15) is 16.2 Å². The highest BCUT2D eigenvalue weighted by atomic mass is 79.9. The molecule has 16 heavy (non-hydrogen) atoms. The summed E-state index contributed by atoms with van der Waals surface area (Å²) in [6, 6.07) is 2.40. The minimum Gasteiger partial charge on any atom is -0.367 e. The highest BCUT2D eigenvalue weighted by molar-refractivity contribution is 9.10. The number of nitrogens with zero attached hydrogens (tertiary/aromatic N) is 2. The number of halogens is 1. The van der Waals surface area contributed by atoms with E-state index >= 15 is 0 Å². The summed E-state index contributed by atoms with van der Waals surface area (Å²) >= 11 is 3.41. The number of anilines is 1. The first-order chi connectivity index (χ1) is 7.56. The molecule has 1 aromatic heterocycles. The van der Waals surface area contributed by atoms with E-state index in [4.69, 9.17) is 0 Å². The van der Waals surface area contributed by atoms with Crippen LogP contribution in [0.5, 0.6) is 0 Å². The van der Waals surface area contributed by atoms with Crippen molar-refractivity contribution in [3.63, 3.8) is 0 Å². The lowest BCUT2D eigenvalue weighted by molar-refractivity contribution is 0.509. The highest BCUT2D eigenvalue weighted by Crippen LogP contribution is 2.17. The van der Waals surface area contributed by atoms with Crippen molar-refractivity contribution in [3.8, 4) is 0 Å². The molecule has 90 valence electrons. The average Bonchev–Trinajstić information content (AvgIpc) is 2.24. The Bertz CT molecular complexity index is 339. The van der Waals surface area contributed by atoms with Crippen LogP contribution in [0.4, 0.5) is 5.82 Å². The maximum absolute atomic E-state index is 4.47. The van der Waals surface area contributed by atoms with Gasteiger partial charge in [-0.1, -0.05) is 27.7 Å². The molecule has 1 N–H and O–H groups in total. The lowest BCUT2D eigenvalue weighted by atomic mass is 10.0. The third-order valence-corrected chi connectivity index (χ3v) is 3.04. The van der Waals surface area contributed by atoms with Crippen LogP contribution in [0.2, 0.25) is 0 Å². The Morgan fingerprint density at radius 1 is 1.31 bits per heavy atom. The van der Waals surface area contributed by atoms with Gasteiger partial charge in [0.05, 0.1) is 0 Å². The van der Waals surface area contributed by atoms with Crippen molar-refractivity contribution in [1.82, 2.24) is 9.97 Å².